The number of sulfonamides is 1. The van der Waals surface area contributed by atoms with Gasteiger partial charge in [0.15, 0.2) is 0 Å². The summed E-state index contributed by atoms with van der Waals surface area (Å²) in [6.07, 6.45) is 1.62. The summed E-state index contributed by atoms with van der Waals surface area (Å²) >= 11 is 6.03. The molecule has 1 aliphatic carbocycles. The normalized spacial score (nSPS) is 15.3. The summed E-state index contributed by atoms with van der Waals surface area (Å²) in [5, 5.41) is 3.27. The van der Waals surface area contributed by atoms with Crippen LogP contribution in [0.5, 0.6) is 0 Å². The maximum Gasteiger partial charge on any atom is 0.261 e. The molecule has 0 aliphatic heterocycles. The van der Waals surface area contributed by atoms with Crippen molar-refractivity contribution in [2.24, 2.45) is 0 Å². The van der Waals surface area contributed by atoms with Crippen molar-refractivity contribution in [2.45, 2.75) is 37.0 Å². The molecule has 7 heteroatoms. The van der Waals surface area contributed by atoms with E-state index in [2.05, 4.69) is 10.0 Å². The van der Waals surface area contributed by atoms with Gasteiger partial charge in [-0.3, -0.25) is 9.52 Å². The fraction of sp³-hybridized carbons (Fsp3) is 0.316. The predicted molar refractivity (Wildman–Crippen MR) is 103 cm³/mol. The molecule has 0 bridgehead atoms. The largest absolute Gasteiger partial charge is 0.356 e. The number of carbonyl (C=O) groups is 1. The highest BCUT2D eigenvalue weighted by molar-refractivity contribution is 7.92. The molecule has 2 aromatic carbocycles. The van der Waals surface area contributed by atoms with Crippen LogP contribution in [0.15, 0.2) is 47.4 Å². The third kappa shape index (κ3) is 3.57. The Morgan fingerprint density at radius 1 is 1.15 bits per heavy atom. The fourth-order valence-corrected chi connectivity index (χ4v) is 4.24. The maximum absolute atomic E-state index is 12.5. The molecule has 1 saturated carbocycles. The topological polar surface area (TPSA) is 75.3 Å². The van der Waals surface area contributed by atoms with E-state index in [1.54, 1.807) is 18.2 Å². The average molecular weight is 393 g/mol. The second-order valence-corrected chi connectivity index (χ2v) is 8.63. The van der Waals surface area contributed by atoms with Crippen molar-refractivity contribution in [3.8, 4) is 0 Å². The summed E-state index contributed by atoms with van der Waals surface area (Å²) < 4.78 is 27.6. The Morgan fingerprint density at radius 2 is 1.81 bits per heavy atom. The van der Waals surface area contributed by atoms with Gasteiger partial charge in [-0.25, -0.2) is 8.42 Å². The highest BCUT2D eigenvalue weighted by Gasteiger charge is 2.50. The molecule has 2 N–H and O–H groups in total. The summed E-state index contributed by atoms with van der Waals surface area (Å²) in [4.78, 5) is 12.4. The first-order chi connectivity index (χ1) is 12.3. The second kappa shape index (κ2) is 6.93. The average Bonchev–Trinajstić information content (AvgIpc) is 3.40. The number of anilines is 1. The molecule has 0 spiro atoms. The number of benzene rings is 2. The molecule has 138 valence electrons. The van der Waals surface area contributed by atoms with Gasteiger partial charge < -0.3 is 5.32 Å². The number of amides is 1. The number of hydrogen-bond acceptors (Lipinski definition) is 3. The molecule has 1 fully saturated rings. The Balaban J connectivity index is 1.79. The minimum Gasteiger partial charge on any atom is -0.356 e. The zero-order valence-corrected chi connectivity index (χ0v) is 16.2. The van der Waals surface area contributed by atoms with Crippen molar-refractivity contribution in [1.82, 2.24) is 5.32 Å². The highest BCUT2D eigenvalue weighted by Crippen LogP contribution is 2.48. The van der Waals surface area contributed by atoms with Gasteiger partial charge in [0.2, 0.25) is 5.91 Å². The number of likely N-dealkylation sites (N-methyl/N-ethyl adjacent to an activating group) is 1. The molecule has 0 atom stereocenters. The summed E-state index contributed by atoms with van der Waals surface area (Å²) in [5.74, 6) is 0.0302. The monoisotopic (exact) mass is 392 g/mol. The fourth-order valence-electron chi connectivity index (χ4n) is 2.91. The number of aryl methyl sites for hydroxylation is 1. The number of carbonyl (C=O) groups excluding carboxylic acids is 1. The van der Waals surface area contributed by atoms with Crippen LogP contribution in [-0.2, 0) is 20.2 Å². The van der Waals surface area contributed by atoms with Crippen LogP contribution in [0.4, 0.5) is 5.69 Å². The summed E-state index contributed by atoms with van der Waals surface area (Å²) in [6.45, 7) is 4.30. The van der Waals surface area contributed by atoms with E-state index in [-0.39, 0.29) is 10.8 Å². The van der Waals surface area contributed by atoms with Crippen LogP contribution in [0, 0.1) is 6.92 Å². The molecule has 0 radical (unpaired) electrons. The van der Waals surface area contributed by atoms with Crippen molar-refractivity contribution >= 4 is 33.2 Å². The number of rotatable bonds is 6. The van der Waals surface area contributed by atoms with E-state index in [1.165, 1.54) is 12.1 Å². The number of halogens is 1. The Hall–Kier alpha value is -2.05. The molecule has 0 unspecified atom stereocenters. The zero-order chi connectivity index (χ0) is 18.9. The SMILES string of the molecule is CCNC(=O)C1(c2ccc(NS(=O)(=O)c3ccc(C)c(Cl)c3)cc2)CC1. The van der Waals surface area contributed by atoms with Gasteiger partial charge in [-0.2, -0.15) is 0 Å². The molecule has 5 nitrogen and oxygen atoms in total. The Labute approximate surface area is 158 Å². The van der Waals surface area contributed by atoms with Crippen LogP contribution in [-0.4, -0.2) is 20.9 Å². The van der Waals surface area contributed by atoms with Crippen LogP contribution in [0.1, 0.15) is 30.9 Å². The minimum atomic E-state index is -3.72. The first kappa shape index (κ1) is 18.7. The van der Waals surface area contributed by atoms with Crippen molar-refractivity contribution in [2.75, 3.05) is 11.3 Å². The van der Waals surface area contributed by atoms with Gasteiger partial charge in [0.05, 0.1) is 10.3 Å². The first-order valence-corrected chi connectivity index (χ1v) is 10.3. The van der Waals surface area contributed by atoms with Gasteiger partial charge in [-0.1, -0.05) is 29.8 Å². The summed E-state index contributed by atoms with van der Waals surface area (Å²) in [7, 11) is -3.72. The summed E-state index contributed by atoms with van der Waals surface area (Å²) in [5.41, 5.74) is 1.70. The van der Waals surface area contributed by atoms with E-state index in [9.17, 15) is 13.2 Å². The molecule has 1 amide bonds. The van der Waals surface area contributed by atoms with Gasteiger partial charge in [-0.15, -0.1) is 0 Å². The van der Waals surface area contributed by atoms with Crippen LogP contribution in [0.2, 0.25) is 5.02 Å². The molecule has 0 heterocycles. The van der Waals surface area contributed by atoms with Crippen molar-refractivity contribution in [1.29, 1.82) is 0 Å². The molecule has 0 aromatic heterocycles. The van der Waals surface area contributed by atoms with E-state index >= 15 is 0 Å². The lowest BCUT2D eigenvalue weighted by Crippen LogP contribution is -2.34. The van der Waals surface area contributed by atoms with Crippen LogP contribution < -0.4 is 10.0 Å². The Kier molecular flexibility index (Phi) is 4.99. The van der Waals surface area contributed by atoms with E-state index in [0.29, 0.717) is 17.3 Å². The minimum absolute atomic E-state index is 0.0302. The lowest BCUT2D eigenvalue weighted by molar-refractivity contribution is -0.123. The lowest BCUT2D eigenvalue weighted by Gasteiger charge is -2.16. The molecule has 2 aromatic rings. The molecule has 26 heavy (non-hydrogen) atoms. The van der Waals surface area contributed by atoms with Crippen LogP contribution >= 0.6 is 11.6 Å². The van der Waals surface area contributed by atoms with Gasteiger partial charge in [-0.05, 0) is 62.1 Å². The van der Waals surface area contributed by atoms with Gasteiger partial charge >= 0.3 is 0 Å². The van der Waals surface area contributed by atoms with Crippen molar-refractivity contribution in [3.63, 3.8) is 0 Å². The lowest BCUT2D eigenvalue weighted by atomic mass is 9.95. The van der Waals surface area contributed by atoms with Crippen molar-refractivity contribution < 1.29 is 13.2 Å². The first-order valence-electron chi connectivity index (χ1n) is 8.46. The van der Waals surface area contributed by atoms with E-state index in [0.717, 1.165) is 24.0 Å². The predicted octanol–water partition coefficient (Wildman–Crippen LogP) is 3.62. The Morgan fingerprint density at radius 3 is 2.35 bits per heavy atom. The van der Waals surface area contributed by atoms with Crippen LogP contribution in [0.25, 0.3) is 0 Å². The summed E-state index contributed by atoms with van der Waals surface area (Å²) in [6, 6.07) is 11.6. The zero-order valence-electron chi connectivity index (χ0n) is 14.7. The highest BCUT2D eigenvalue weighted by atomic mass is 35.5. The van der Waals surface area contributed by atoms with Gasteiger partial charge in [0.1, 0.15) is 0 Å². The molecule has 0 saturated heterocycles. The van der Waals surface area contributed by atoms with Crippen LogP contribution in [0.3, 0.4) is 0 Å². The molecular weight excluding hydrogens is 372 g/mol. The third-order valence-electron chi connectivity index (χ3n) is 4.67. The quantitative estimate of drug-likeness (QED) is 0.788. The smallest absolute Gasteiger partial charge is 0.261 e. The van der Waals surface area contributed by atoms with Crippen molar-refractivity contribution in [3.05, 3.63) is 58.6 Å². The van der Waals surface area contributed by atoms with E-state index in [4.69, 9.17) is 11.6 Å². The third-order valence-corrected chi connectivity index (χ3v) is 6.45. The molecule has 1 aliphatic rings. The molecule has 3 rings (SSSR count). The standard InChI is InChI=1S/C19H21ClN2O3S/c1-3-21-18(23)19(10-11-19)14-5-7-15(8-6-14)22-26(24,25)16-9-4-13(2)17(20)12-16/h4-9,12,22H,3,10-11H2,1-2H3,(H,21,23). The maximum atomic E-state index is 12.5. The number of hydrogen-bond donors (Lipinski definition) is 2. The second-order valence-electron chi connectivity index (χ2n) is 6.54. The van der Waals surface area contributed by atoms with E-state index < -0.39 is 15.4 Å². The number of nitrogens with one attached hydrogen (secondary N) is 2. The Bertz CT molecular complexity index is 936. The van der Waals surface area contributed by atoms with Gasteiger partial charge in [0, 0.05) is 17.3 Å². The van der Waals surface area contributed by atoms with Gasteiger partial charge in [0.25, 0.3) is 10.0 Å². The molecular formula is C19H21ClN2O3S. The van der Waals surface area contributed by atoms with E-state index in [1.807, 2.05) is 26.0 Å².